The Hall–Kier alpha value is -2.53. The van der Waals surface area contributed by atoms with E-state index in [9.17, 15) is 14.7 Å². The normalized spacial score (nSPS) is 21.9. The number of allylic oxidation sites excluding steroid dienone is 1. The van der Waals surface area contributed by atoms with E-state index in [4.69, 9.17) is 16.3 Å². The van der Waals surface area contributed by atoms with Crippen molar-refractivity contribution in [2.75, 3.05) is 7.11 Å². The molecule has 3 rings (SSSR count). The number of carboxylic acid groups (broad SMARTS) is 1. The average Bonchev–Trinajstić information content (AvgIpc) is 2.93. The van der Waals surface area contributed by atoms with Gasteiger partial charge in [0.2, 0.25) is 0 Å². The number of aliphatic carboxylic acids is 1. The Morgan fingerprint density at radius 2 is 1.96 bits per heavy atom. The van der Waals surface area contributed by atoms with Crippen LogP contribution in [0, 0.1) is 5.92 Å². The van der Waals surface area contributed by atoms with Gasteiger partial charge in [0.25, 0.3) is 5.91 Å². The molecule has 1 aliphatic carbocycles. The maximum absolute atomic E-state index is 13.0. The van der Waals surface area contributed by atoms with Crippen molar-refractivity contribution in [3.63, 3.8) is 0 Å². The number of amides is 1. The summed E-state index contributed by atoms with van der Waals surface area (Å²) in [5.74, 6) is -0.452. The number of carboxylic acids is 1. The second-order valence-corrected chi connectivity index (χ2v) is 6.56. The fourth-order valence-electron chi connectivity index (χ4n) is 3.29. The molecule has 1 N–H and O–H groups in total. The van der Waals surface area contributed by atoms with Crippen LogP contribution in [-0.4, -0.2) is 35.0 Å². The number of fused-ring (bicyclic) bond motifs is 1. The molecule has 0 saturated carbocycles. The summed E-state index contributed by atoms with van der Waals surface area (Å²) in [5.41, 5.74) is 1.94. The van der Waals surface area contributed by atoms with E-state index >= 15 is 0 Å². The average molecular weight is 360 g/mol. The number of carbonyl (C=O) groups is 2. The van der Waals surface area contributed by atoms with E-state index in [1.807, 2.05) is 19.1 Å². The van der Waals surface area contributed by atoms with Crippen molar-refractivity contribution >= 4 is 23.5 Å². The second kappa shape index (κ2) is 6.76. The van der Waals surface area contributed by atoms with E-state index in [0.717, 1.165) is 5.57 Å². The molecule has 1 aliphatic heterocycles. The fraction of sp³-hybridized carbons (Fsp3) is 0.263. The standard InChI is InChI=1S/C19H18ClNO4/c1-11-7-15(25-2)9-16-13(8-17(22)23)10-21(18(11)16)19(24)12-3-5-14(20)6-4-12/h3-7,9-11,18H,8H2,1-2H3,(H,22,23). The van der Waals surface area contributed by atoms with Gasteiger partial charge in [0.05, 0.1) is 19.6 Å². The molecule has 0 aromatic heterocycles. The lowest BCUT2D eigenvalue weighted by Gasteiger charge is -2.31. The van der Waals surface area contributed by atoms with Crippen LogP contribution in [0.5, 0.6) is 0 Å². The summed E-state index contributed by atoms with van der Waals surface area (Å²) in [7, 11) is 1.57. The molecular weight excluding hydrogens is 342 g/mol. The van der Waals surface area contributed by atoms with Gasteiger partial charge >= 0.3 is 5.97 Å². The number of hydrogen-bond donors (Lipinski definition) is 1. The van der Waals surface area contributed by atoms with Gasteiger partial charge in [-0.1, -0.05) is 18.5 Å². The monoisotopic (exact) mass is 359 g/mol. The van der Waals surface area contributed by atoms with Crippen LogP contribution in [0.1, 0.15) is 23.7 Å². The Bertz CT molecular complexity index is 807. The zero-order chi connectivity index (χ0) is 18.1. The highest BCUT2D eigenvalue weighted by atomic mass is 35.5. The van der Waals surface area contributed by atoms with Crippen LogP contribution in [0.2, 0.25) is 5.02 Å². The molecule has 2 unspecified atom stereocenters. The van der Waals surface area contributed by atoms with Crippen molar-refractivity contribution in [1.29, 1.82) is 0 Å². The lowest BCUT2D eigenvalue weighted by Crippen LogP contribution is -2.39. The first-order valence-electron chi connectivity index (χ1n) is 7.89. The molecule has 6 heteroatoms. The highest BCUT2D eigenvalue weighted by molar-refractivity contribution is 6.30. The summed E-state index contributed by atoms with van der Waals surface area (Å²) in [6.45, 7) is 1.98. The van der Waals surface area contributed by atoms with Gasteiger partial charge in [0.15, 0.2) is 0 Å². The Balaban J connectivity index is 1.99. The van der Waals surface area contributed by atoms with E-state index in [0.29, 0.717) is 21.9 Å². The minimum atomic E-state index is -0.937. The van der Waals surface area contributed by atoms with Gasteiger partial charge in [-0.25, -0.2) is 0 Å². The molecule has 25 heavy (non-hydrogen) atoms. The largest absolute Gasteiger partial charge is 0.497 e. The van der Waals surface area contributed by atoms with Gasteiger partial charge in [-0.2, -0.15) is 0 Å². The van der Waals surface area contributed by atoms with E-state index in [1.165, 1.54) is 0 Å². The zero-order valence-electron chi connectivity index (χ0n) is 13.9. The third kappa shape index (κ3) is 3.33. The van der Waals surface area contributed by atoms with Crippen molar-refractivity contribution in [1.82, 2.24) is 4.90 Å². The van der Waals surface area contributed by atoms with E-state index in [-0.39, 0.29) is 24.3 Å². The first-order valence-corrected chi connectivity index (χ1v) is 8.27. The predicted octanol–water partition coefficient (Wildman–Crippen LogP) is 3.63. The second-order valence-electron chi connectivity index (χ2n) is 6.12. The molecule has 0 radical (unpaired) electrons. The Kier molecular flexibility index (Phi) is 4.68. The molecule has 0 bridgehead atoms. The Morgan fingerprint density at radius 1 is 1.28 bits per heavy atom. The molecule has 1 heterocycles. The smallest absolute Gasteiger partial charge is 0.307 e. The number of halogens is 1. The molecular formula is C19H18ClNO4. The highest BCUT2D eigenvalue weighted by Crippen LogP contribution is 2.39. The maximum Gasteiger partial charge on any atom is 0.307 e. The minimum absolute atomic E-state index is 0.00579. The lowest BCUT2D eigenvalue weighted by molar-refractivity contribution is -0.136. The van der Waals surface area contributed by atoms with Gasteiger partial charge < -0.3 is 14.7 Å². The molecule has 1 aromatic rings. The van der Waals surface area contributed by atoms with Crippen LogP contribution >= 0.6 is 11.6 Å². The molecule has 130 valence electrons. The van der Waals surface area contributed by atoms with E-state index in [2.05, 4.69) is 0 Å². The fourth-order valence-corrected chi connectivity index (χ4v) is 3.42. The van der Waals surface area contributed by atoms with Crippen LogP contribution in [-0.2, 0) is 9.53 Å². The van der Waals surface area contributed by atoms with Crippen LogP contribution in [0.3, 0.4) is 0 Å². The van der Waals surface area contributed by atoms with Crippen molar-refractivity contribution in [3.8, 4) is 0 Å². The summed E-state index contributed by atoms with van der Waals surface area (Å²) in [6, 6.07) is 6.42. The number of carbonyl (C=O) groups excluding carboxylic acids is 1. The van der Waals surface area contributed by atoms with Crippen LogP contribution in [0.15, 0.2) is 59.5 Å². The van der Waals surface area contributed by atoms with Crippen molar-refractivity contribution < 1.29 is 19.4 Å². The molecule has 2 atom stereocenters. The van der Waals surface area contributed by atoms with Crippen LogP contribution in [0.25, 0.3) is 0 Å². The summed E-state index contributed by atoms with van der Waals surface area (Å²) in [5, 5.41) is 9.75. The van der Waals surface area contributed by atoms with Crippen LogP contribution < -0.4 is 0 Å². The van der Waals surface area contributed by atoms with Gasteiger partial charge in [0.1, 0.15) is 5.76 Å². The highest BCUT2D eigenvalue weighted by Gasteiger charge is 2.39. The quantitative estimate of drug-likeness (QED) is 0.891. The van der Waals surface area contributed by atoms with Crippen LogP contribution in [0.4, 0.5) is 0 Å². The van der Waals surface area contributed by atoms with Crippen molar-refractivity contribution in [2.24, 2.45) is 5.92 Å². The Labute approximate surface area is 150 Å². The topological polar surface area (TPSA) is 66.8 Å². The predicted molar refractivity (Wildman–Crippen MR) is 94.1 cm³/mol. The van der Waals surface area contributed by atoms with Gasteiger partial charge in [-0.3, -0.25) is 9.59 Å². The number of methoxy groups -OCH3 is 1. The number of nitrogens with zero attached hydrogens (tertiary/aromatic N) is 1. The molecule has 0 saturated heterocycles. The lowest BCUT2D eigenvalue weighted by atomic mass is 9.86. The summed E-state index contributed by atoms with van der Waals surface area (Å²) in [4.78, 5) is 25.8. The molecule has 1 aromatic carbocycles. The molecule has 2 aliphatic rings. The van der Waals surface area contributed by atoms with E-state index in [1.54, 1.807) is 42.5 Å². The molecule has 0 spiro atoms. The zero-order valence-corrected chi connectivity index (χ0v) is 14.7. The number of benzene rings is 1. The number of ether oxygens (including phenoxy) is 1. The maximum atomic E-state index is 13.0. The molecule has 5 nitrogen and oxygen atoms in total. The number of hydrogen-bond acceptors (Lipinski definition) is 3. The van der Waals surface area contributed by atoms with Gasteiger partial charge in [-0.15, -0.1) is 0 Å². The summed E-state index contributed by atoms with van der Waals surface area (Å²) < 4.78 is 5.31. The molecule has 1 amide bonds. The Morgan fingerprint density at radius 3 is 2.56 bits per heavy atom. The van der Waals surface area contributed by atoms with Gasteiger partial charge in [-0.05, 0) is 47.6 Å². The third-order valence-corrected chi connectivity index (χ3v) is 4.66. The van der Waals surface area contributed by atoms with Crippen molar-refractivity contribution in [2.45, 2.75) is 19.4 Å². The minimum Gasteiger partial charge on any atom is -0.497 e. The van der Waals surface area contributed by atoms with Crippen molar-refractivity contribution in [3.05, 3.63) is 70.1 Å². The molecule has 0 fully saturated rings. The first-order chi connectivity index (χ1) is 11.9. The first kappa shape index (κ1) is 17.3. The van der Waals surface area contributed by atoms with Gasteiger partial charge in [0, 0.05) is 22.7 Å². The summed E-state index contributed by atoms with van der Waals surface area (Å²) >= 11 is 5.89. The third-order valence-electron chi connectivity index (χ3n) is 4.41. The SMILES string of the molecule is COC1=CC(C)C2C(=C1)C(CC(=O)O)=CN2C(=O)c1ccc(Cl)cc1. The summed E-state index contributed by atoms with van der Waals surface area (Å²) in [6.07, 6.45) is 5.25. The number of rotatable bonds is 4. The van der Waals surface area contributed by atoms with E-state index < -0.39 is 5.97 Å².